The van der Waals surface area contributed by atoms with Gasteiger partial charge in [-0.1, -0.05) is 24.6 Å². The molecule has 1 aliphatic heterocycles. The van der Waals surface area contributed by atoms with E-state index in [0.29, 0.717) is 27.1 Å². The highest BCUT2D eigenvalue weighted by atomic mass is 35.5. The van der Waals surface area contributed by atoms with E-state index in [2.05, 4.69) is 0 Å². The summed E-state index contributed by atoms with van der Waals surface area (Å²) in [5.74, 6) is 0.852. The maximum atomic E-state index is 12.7. The Bertz CT molecular complexity index is 927. The molecule has 0 N–H and O–H groups in total. The number of rotatable bonds is 6. The van der Waals surface area contributed by atoms with Gasteiger partial charge in [0.1, 0.15) is 0 Å². The average Bonchev–Trinajstić information content (AvgIpc) is 2.96. The predicted molar refractivity (Wildman–Crippen MR) is 113 cm³/mol. The number of halogens is 1. The van der Waals surface area contributed by atoms with Gasteiger partial charge in [0, 0.05) is 5.02 Å². The van der Waals surface area contributed by atoms with Crippen LogP contribution in [-0.2, 0) is 4.79 Å². The number of amides is 2. The van der Waals surface area contributed by atoms with Crippen molar-refractivity contribution >= 4 is 46.3 Å². The molecule has 0 bridgehead atoms. The minimum atomic E-state index is -0.365. The minimum absolute atomic E-state index is 0.0654. The average molecular weight is 418 g/mol. The molecule has 28 heavy (non-hydrogen) atoms. The maximum absolute atomic E-state index is 12.7. The lowest BCUT2D eigenvalue weighted by Crippen LogP contribution is -2.27. The molecule has 1 fully saturated rings. The van der Waals surface area contributed by atoms with E-state index in [4.69, 9.17) is 21.1 Å². The van der Waals surface area contributed by atoms with Crippen LogP contribution in [0.2, 0.25) is 5.02 Å². The summed E-state index contributed by atoms with van der Waals surface area (Å²) in [6, 6.07) is 12.0. The van der Waals surface area contributed by atoms with Gasteiger partial charge in [-0.05, 0) is 73.1 Å². The Labute approximate surface area is 173 Å². The van der Waals surface area contributed by atoms with E-state index in [1.165, 1.54) is 0 Å². The highest BCUT2D eigenvalue weighted by Gasteiger charge is 2.36. The number of carbonyl (C=O) groups is 2. The van der Waals surface area contributed by atoms with Crippen molar-refractivity contribution in [3.05, 3.63) is 58.0 Å². The number of hydrogen-bond acceptors (Lipinski definition) is 5. The second kappa shape index (κ2) is 8.71. The first-order valence-electron chi connectivity index (χ1n) is 8.81. The molecule has 2 amide bonds. The van der Waals surface area contributed by atoms with Gasteiger partial charge in [-0.2, -0.15) is 0 Å². The molecule has 0 spiro atoms. The first-order valence-corrected chi connectivity index (χ1v) is 10.0. The molecule has 3 rings (SSSR count). The van der Waals surface area contributed by atoms with E-state index in [0.717, 1.165) is 28.6 Å². The number of ether oxygens (including phenoxy) is 2. The van der Waals surface area contributed by atoms with Crippen LogP contribution in [0.3, 0.4) is 0 Å². The second-order valence-corrected chi connectivity index (χ2v) is 7.67. The quantitative estimate of drug-likeness (QED) is 0.558. The van der Waals surface area contributed by atoms with Crippen molar-refractivity contribution in [2.75, 3.05) is 12.0 Å². The number of methoxy groups -OCH3 is 1. The summed E-state index contributed by atoms with van der Waals surface area (Å²) in [7, 11) is 1.57. The lowest BCUT2D eigenvalue weighted by molar-refractivity contribution is -0.113. The number of carbonyl (C=O) groups excluding carboxylic acids is 2. The Morgan fingerprint density at radius 3 is 2.50 bits per heavy atom. The van der Waals surface area contributed by atoms with E-state index in [9.17, 15) is 9.59 Å². The largest absolute Gasteiger partial charge is 0.493 e. The van der Waals surface area contributed by atoms with E-state index < -0.39 is 0 Å². The maximum Gasteiger partial charge on any atom is 0.298 e. The molecule has 1 atom stereocenters. The summed E-state index contributed by atoms with van der Waals surface area (Å²) < 4.78 is 11.3. The Morgan fingerprint density at radius 2 is 1.86 bits per heavy atom. The van der Waals surface area contributed by atoms with Gasteiger partial charge in [0.2, 0.25) is 0 Å². The number of thioether (sulfide) groups is 1. The number of benzene rings is 2. The fourth-order valence-electron chi connectivity index (χ4n) is 2.60. The van der Waals surface area contributed by atoms with Crippen molar-refractivity contribution in [3.63, 3.8) is 0 Å². The van der Waals surface area contributed by atoms with Crippen LogP contribution in [0.4, 0.5) is 10.5 Å². The van der Waals surface area contributed by atoms with Crippen molar-refractivity contribution < 1.29 is 19.1 Å². The summed E-state index contributed by atoms with van der Waals surface area (Å²) >= 11 is 6.78. The number of nitrogens with zero attached hydrogens (tertiary/aromatic N) is 1. The highest BCUT2D eigenvalue weighted by Crippen LogP contribution is 2.37. The van der Waals surface area contributed by atoms with Gasteiger partial charge in [-0.15, -0.1) is 0 Å². The van der Waals surface area contributed by atoms with Crippen molar-refractivity contribution in [3.8, 4) is 11.5 Å². The fourth-order valence-corrected chi connectivity index (χ4v) is 3.57. The highest BCUT2D eigenvalue weighted by molar-refractivity contribution is 8.19. The third-order valence-corrected chi connectivity index (χ3v) is 5.39. The van der Waals surface area contributed by atoms with Gasteiger partial charge in [-0.25, -0.2) is 4.90 Å². The molecule has 0 aliphatic carbocycles. The molecule has 146 valence electrons. The standard InChI is InChI=1S/C21H20ClNO4S/c1-4-13(2)27-17-10-5-14(11-18(17)26-3)12-19-20(24)23(21(25)28-19)16-8-6-15(22)7-9-16/h5-13H,4H2,1-3H3/b19-12+/t13-/m1/s1. The monoisotopic (exact) mass is 417 g/mol. The van der Waals surface area contributed by atoms with Crippen LogP contribution < -0.4 is 14.4 Å². The summed E-state index contributed by atoms with van der Waals surface area (Å²) in [6.07, 6.45) is 2.62. The summed E-state index contributed by atoms with van der Waals surface area (Å²) in [4.78, 5) is 26.6. The molecule has 0 aromatic heterocycles. The first kappa shape index (κ1) is 20.3. The molecule has 0 radical (unpaired) electrons. The van der Waals surface area contributed by atoms with Crippen molar-refractivity contribution in [2.24, 2.45) is 0 Å². The summed E-state index contributed by atoms with van der Waals surface area (Å²) in [5.41, 5.74) is 1.24. The van der Waals surface area contributed by atoms with E-state index in [1.807, 2.05) is 19.9 Å². The minimum Gasteiger partial charge on any atom is -0.493 e. The Balaban J connectivity index is 1.86. The molecule has 7 heteroatoms. The van der Waals surface area contributed by atoms with Crippen LogP contribution in [-0.4, -0.2) is 24.4 Å². The smallest absolute Gasteiger partial charge is 0.298 e. The molecule has 0 saturated carbocycles. The molecule has 5 nitrogen and oxygen atoms in total. The third kappa shape index (κ3) is 4.34. The molecule has 1 heterocycles. The lowest BCUT2D eigenvalue weighted by atomic mass is 10.1. The molecular weight excluding hydrogens is 398 g/mol. The number of hydrogen-bond donors (Lipinski definition) is 0. The van der Waals surface area contributed by atoms with Gasteiger partial charge in [-0.3, -0.25) is 9.59 Å². The normalized spacial score (nSPS) is 16.6. The Kier molecular flexibility index (Phi) is 6.31. The van der Waals surface area contributed by atoms with Crippen LogP contribution in [0.1, 0.15) is 25.8 Å². The summed E-state index contributed by atoms with van der Waals surface area (Å²) in [5, 5.41) is 0.195. The predicted octanol–water partition coefficient (Wildman–Crippen LogP) is 5.77. The van der Waals surface area contributed by atoms with Crippen molar-refractivity contribution in [1.29, 1.82) is 0 Å². The zero-order valence-corrected chi connectivity index (χ0v) is 17.3. The van der Waals surface area contributed by atoms with Crippen molar-refractivity contribution in [1.82, 2.24) is 0 Å². The van der Waals surface area contributed by atoms with Crippen LogP contribution in [0.5, 0.6) is 11.5 Å². The fraction of sp³-hybridized carbons (Fsp3) is 0.238. The van der Waals surface area contributed by atoms with Crippen LogP contribution in [0.15, 0.2) is 47.4 Å². The number of anilines is 1. The van der Waals surface area contributed by atoms with Crippen LogP contribution in [0, 0.1) is 0 Å². The third-order valence-electron chi connectivity index (χ3n) is 4.27. The van der Waals surface area contributed by atoms with Crippen LogP contribution in [0.25, 0.3) is 6.08 Å². The molecule has 2 aromatic carbocycles. The van der Waals surface area contributed by atoms with Crippen molar-refractivity contribution in [2.45, 2.75) is 26.4 Å². The van der Waals surface area contributed by atoms with Gasteiger partial charge < -0.3 is 9.47 Å². The van der Waals surface area contributed by atoms with Gasteiger partial charge in [0.15, 0.2) is 11.5 Å². The topological polar surface area (TPSA) is 55.8 Å². The Hall–Kier alpha value is -2.44. The van der Waals surface area contributed by atoms with Gasteiger partial charge >= 0.3 is 0 Å². The van der Waals surface area contributed by atoms with E-state index in [-0.39, 0.29) is 17.3 Å². The summed E-state index contributed by atoms with van der Waals surface area (Å²) in [6.45, 7) is 4.03. The number of imide groups is 1. The Morgan fingerprint density at radius 1 is 1.14 bits per heavy atom. The molecular formula is C21H20ClNO4S. The zero-order valence-electron chi connectivity index (χ0n) is 15.8. The first-order chi connectivity index (χ1) is 13.4. The van der Waals surface area contributed by atoms with Gasteiger partial charge in [0.05, 0.1) is 23.8 Å². The lowest BCUT2D eigenvalue weighted by Gasteiger charge is -2.15. The second-order valence-electron chi connectivity index (χ2n) is 6.24. The molecule has 1 saturated heterocycles. The molecule has 0 unspecified atom stereocenters. The van der Waals surface area contributed by atoms with Gasteiger partial charge in [0.25, 0.3) is 11.1 Å². The van der Waals surface area contributed by atoms with Crippen LogP contribution >= 0.6 is 23.4 Å². The van der Waals surface area contributed by atoms with E-state index in [1.54, 1.807) is 49.6 Å². The SMILES string of the molecule is CC[C@@H](C)Oc1ccc(/C=C2/SC(=O)N(c3ccc(Cl)cc3)C2=O)cc1OC. The molecule has 1 aliphatic rings. The zero-order chi connectivity index (χ0) is 20.3. The van der Waals surface area contributed by atoms with E-state index >= 15 is 0 Å². The molecule has 2 aromatic rings.